The standard InChI is InChI=1S/C31H46N6O4S/c1-20(2)25(35-29(40)41-30(4,5)6)26(38)36-31(15-8-7-9-16-31)27(39)37-17-13-22(14-18-37)23-11-10-12-24(33-23)34-28-32-19-21(3)42-28/h10-12,19-20,22,25H,7-9,13-18H2,1-6H3,(H,35,40)(H,36,38)(H,32,33,34)/t25-/m0/s1. The SMILES string of the molecule is Cc1cnc(Nc2cccc(C3CCN(C(=O)C4(NC(=O)[C@@H](NC(=O)OC(C)(C)C)C(C)C)CCCCC4)CC3)n2)s1. The average molecular weight is 599 g/mol. The zero-order valence-electron chi connectivity index (χ0n) is 25.8. The van der Waals surface area contributed by atoms with Crippen LogP contribution in [0.5, 0.6) is 0 Å². The van der Waals surface area contributed by atoms with Gasteiger partial charge in [0.25, 0.3) is 0 Å². The Kier molecular flexibility index (Phi) is 10.1. The normalized spacial score (nSPS) is 18.3. The lowest BCUT2D eigenvalue weighted by atomic mass is 9.79. The molecule has 2 aromatic rings. The number of amides is 3. The van der Waals surface area contributed by atoms with Gasteiger partial charge in [0.2, 0.25) is 11.8 Å². The van der Waals surface area contributed by atoms with Crippen LogP contribution in [-0.2, 0) is 14.3 Å². The third kappa shape index (κ3) is 8.20. The molecule has 2 fully saturated rings. The summed E-state index contributed by atoms with van der Waals surface area (Å²) in [7, 11) is 0. The van der Waals surface area contributed by atoms with E-state index >= 15 is 0 Å². The fourth-order valence-corrected chi connectivity index (χ4v) is 6.45. The number of anilines is 2. The number of aryl methyl sites for hydroxylation is 1. The first-order valence-electron chi connectivity index (χ1n) is 15.1. The Morgan fingerprint density at radius 1 is 1.10 bits per heavy atom. The van der Waals surface area contributed by atoms with Gasteiger partial charge in [-0.25, -0.2) is 14.8 Å². The van der Waals surface area contributed by atoms with E-state index in [1.54, 1.807) is 32.1 Å². The molecule has 0 spiro atoms. The summed E-state index contributed by atoms with van der Waals surface area (Å²) in [6.07, 6.45) is 6.78. The molecule has 11 heteroatoms. The maximum Gasteiger partial charge on any atom is 0.408 e. The molecule has 2 aromatic heterocycles. The monoisotopic (exact) mass is 598 g/mol. The number of carbonyl (C=O) groups excluding carboxylic acids is 3. The Hall–Kier alpha value is -3.21. The number of thiazole rings is 1. The van der Waals surface area contributed by atoms with Gasteiger partial charge in [0.15, 0.2) is 5.13 Å². The maximum atomic E-state index is 14.1. The molecule has 0 unspecified atom stereocenters. The van der Waals surface area contributed by atoms with E-state index in [0.717, 1.165) is 53.6 Å². The second-order valence-corrected chi connectivity index (χ2v) is 14.1. The summed E-state index contributed by atoms with van der Waals surface area (Å²) in [6, 6.07) is 5.19. The first-order valence-corrected chi connectivity index (χ1v) is 15.9. The second-order valence-electron chi connectivity index (χ2n) is 12.9. The van der Waals surface area contributed by atoms with Crippen LogP contribution in [0, 0.1) is 12.8 Å². The highest BCUT2D eigenvalue weighted by Gasteiger charge is 2.45. The largest absolute Gasteiger partial charge is 0.444 e. The van der Waals surface area contributed by atoms with Gasteiger partial charge in [-0.1, -0.05) is 39.2 Å². The fraction of sp³-hybridized carbons (Fsp3) is 0.645. The molecule has 1 atom stereocenters. The van der Waals surface area contributed by atoms with Gasteiger partial charge in [-0.3, -0.25) is 9.59 Å². The Morgan fingerprint density at radius 2 is 1.79 bits per heavy atom. The van der Waals surface area contributed by atoms with Crippen LogP contribution in [0.25, 0.3) is 0 Å². The van der Waals surface area contributed by atoms with Crippen LogP contribution < -0.4 is 16.0 Å². The lowest BCUT2D eigenvalue weighted by Crippen LogP contribution is -2.64. The van der Waals surface area contributed by atoms with Crippen LogP contribution in [0.2, 0.25) is 0 Å². The van der Waals surface area contributed by atoms with E-state index in [1.807, 2.05) is 50.1 Å². The summed E-state index contributed by atoms with van der Waals surface area (Å²) in [4.78, 5) is 52.4. The number of ether oxygens (including phenoxy) is 1. The highest BCUT2D eigenvalue weighted by Crippen LogP contribution is 2.34. The van der Waals surface area contributed by atoms with E-state index in [1.165, 1.54) is 0 Å². The minimum Gasteiger partial charge on any atom is -0.444 e. The molecule has 4 rings (SSSR count). The van der Waals surface area contributed by atoms with E-state index in [0.29, 0.717) is 25.9 Å². The summed E-state index contributed by atoms with van der Waals surface area (Å²) in [6.45, 7) is 12.3. The number of hydrogen-bond donors (Lipinski definition) is 3. The van der Waals surface area contributed by atoms with Crippen molar-refractivity contribution in [2.75, 3.05) is 18.4 Å². The summed E-state index contributed by atoms with van der Waals surface area (Å²) >= 11 is 1.59. The van der Waals surface area contributed by atoms with E-state index in [9.17, 15) is 14.4 Å². The Balaban J connectivity index is 1.41. The average Bonchev–Trinajstić information content (AvgIpc) is 3.35. The molecule has 1 saturated heterocycles. The molecule has 0 bridgehead atoms. The van der Waals surface area contributed by atoms with Gasteiger partial charge in [0.1, 0.15) is 23.0 Å². The van der Waals surface area contributed by atoms with E-state index in [4.69, 9.17) is 9.72 Å². The van der Waals surface area contributed by atoms with Gasteiger partial charge in [-0.15, -0.1) is 11.3 Å². The molecule has 3 heterocycles. The summed E-state index contributed by atoms with van der Waals surface area (Å²) < 4.78 is 5.39. The van der Waals surface area contributed by atoms with Crippen LogP contribution in [0.1, 0.15) is 96.1 Å². The zero-order valence-corrected chi connectivity index (χ0v) is 26.6. The van der Waals surface area contributed by atoms with Gasteiger partial charge in [0.05, 0.1) is 0 Å². The molecule has 1 aliphatic heterocycles. The van der Waals surface area contributed by atoms with E-state index in [2.05, 4.69) is 20.9 Å². The van der Waals surface area contributed by atoms with Crippen molar-refractivity contribution in [2.24, 2.45) is 5.92 Å². The summed E-state index contributed by atoms with van der Waals surface area (Å²) in [5.74, 6) is 0.473. The molecule has 230 valence electrons. The molecule has 3 amide bonds. The van der Waals surface area contributed by atoms with Crippen molar-refractivity contribution in [3.05, 3.63) is 35.0 Å². The van der Waals surface area contributed by atoms with Crippen LogP contribution in [0.15, 0.2) is 24.4 Å². The van der Waals surface area contributed by atoms with Gasteiger partial charge in [0, 0.05) is 35.8 Å². The van der Waals surface area contributed by atoms with Gasteiger partial charge < -0.3 is 25.6 Å². The summed E-state index contributed by atoms with van der Waals surface area (Å²) in [5, 5.41) is 9.97. The number of hydrogen-bond acceptors (Lipinski definition) is 8. The predicted octanol–water partition coefficient (Wildman–Crippen LogP) is 5.66. The number of alkyl carbamates (subject to hydrolysis) is 1. The maximum absolute atomic E-state index is 14.1. The molecule has 10 nitrogen and oxygen atoms in total. The Bertz CT molecular complexity index is 1240. The molecule has 1 saturated carbocycles. The van der Waals surface area contributed by atoms with Crippen LogP contribution >= 0.6 is 11.3 Å². The number of nitrogens with one attached hydrogen (secondary N) is 3. The van der Waals surface area contributed by atoms with Crippen molar-refractivity contribution >= 4 is 40.2 Å². The number of likely N-dealkylation sites (tertiary alicyclic amines) is 1. The molecular weight excluding hydrogens is 552 g/mol. The molecule has 3 N–H and O–H groups in total. The van der Waals surface area contributed by atoms with Crippen molar-refractivity contribution in [1.29, 1.82) is 0 Å². The molecule has 42 heavy (non-hydrogen) atoms. The molecule has 1 aliphatic carbocycles. The Labute approximate surface area is 253 Å². The third-order valence-corrected chi connectivity index (χ3v) is 8.76. The number of pyridine rings is 1. The molecule has 0 aromatic carbocycles. The van der Waals surface area contributed by atoms with Crippen molar-refractivity contribution in [1.82, 2.24) is 25.5 Å². The van der Waals surface area contributed by atoms with Crippen LogP contribution in [0.4, 0.5) is 15.7 Å². The number of aromatic nitrogens is 2. The number of rotatable bonds is 8. The first-order chi connectivity index (χ1) is 19.8. The fourth-order valence-electron chi connectivity index (χ4n) is 5.78. The Morgan fingerprint density at radius 3 is 2.38 bits per heavy atom. The topological polar surface area (TPSA) is 126 Å². The lowest BCUT2D eigenvalue weighted by Gasteiger charge is -2.43. The highest BCUT2D eigenvalue weighted by molar-refractivity contribution is 7.15. The second kappa shape index (κ2) is 13.4. The first kappa shape index (κ1) is 31.7. The van der Waals surface area contributed by atoms with Crippen molar-refractivity contribution in [3.63, 3.8) is 0 Å². The zero-order chi connectivity index (χ0) is 30.5. The van der Waals surface area contributed by atoms with Crippen molar-refractivity contribution in [2.45, 2.75) is 110 Å². The van der Waals surface area contributed by atoms with E-state index < -0.39 is 23.3 Å². The molecular formula is C31H46N6O4S. The molecule has 2 aliphatic rings. The quantitative estimate of drug-likeness (QED) is 0.358. The third-order valence-electron chi connectivity index (χ3n) is 7.93. The van der Waals surface area contributed by atoms with Crippen molar-refractivity contribution < 1.29 is 19.1 Å². The van der Waals surface area contributed by atoms with Crippen LogP contribution in [-0.4, -0.2) is 63.0 Å². The van der Waals surface area contributed by atoms with Gasteiger partial charge in [-0.05, 0) is 71.4 Å². The smallest absolute Gasteiger partial charge is 0.408 e. The van der Waals surface area contributed by atoms with Crippen molar-refractivity contribution in [3.8, 4) is 0 Å². The van der Waals surface area contributed by atoms with Gasteiger partial charge in [-0.2, -0.15) is 0 Å². The van der Waals surface area contributed by atoms with Crippen LogP contribution in [0.3, 0.4) is 0 Å². The summed E-state index contributed by atoms with van der Waals surface area (Å²) in [5.41, 5.74) is -0.629. The lowest BCUT2D eigenvalue weighted by molar-refractivity contribution is -0.145. The highest BCUT2D eigenvalue weighted by atomic mass is 32.1. The number of carbonyl (C=O) groups is 3. The predicted molar refractivity (Wildman–Crippen MR) is 165 cm³/mol. The minimum absolute atomic E-state index is 0.0173. The van der Waals surface area contributed by atoms with E-state index in [-0.39, 0.29) is 23.7 Å². The molecule has 0 radical (unpaired) electrons. The minimum atomic E-state index is -0.959. The van der Waals surface area contributed by atoms with Gasteiger partial charge >= 0.3 is 6.09 Å². The number of nitrogens with zero attached hydrogens (tertiary/aromatic N) is 3. The number of piperidine rings is 1.